The molecule has 0 bridgehead atoms. The van der Waals surface area contributed by atoms with Crippen molar-refractivity contribution in [1.29, 1.82) is 0 Å². The van der Waals surface area contributed by atoms with E-state index in [-0.39, 0.29) is 0 Å². The van der Waals surface area contributed by atoms with Gasteiger partial charge in [0.05, 0.1) is 13.5 Å². The Labute approximate surface area is 140 Å². The SMILES string of the molecule is COC(=O)C(=O)CC(=O)N(Cc1ccccc1)Cc1ccccc1. The predicted molar refractivity (Wildman–Crippen MR) is 88.8 cm³/mol. The number of carbonyl (C=O) groups excluding carboxylic acids is 3. The molecule has 2 aromatic rings. The first-order valence-electron chi connectivity index (χ1n) is 7.57. The van der Waals surface area contributed by atoms with Crippen LogP contribution in [-0.4, -0.2) is 29.7 Å². The van der Waals surface area contributed by atoms with Gasteiger partial charge in [-0.05, 0) is 11.1 Å². The zero-order chi connectivity index (χ0) is 17.4. The first kappa shape index (κ1) is 17.4. The van der Waals surface area contributed by atoms with Crippen molar-refractivity contribution in [3.8, 4) is 0 Å². The molecule has 124 valence electrons. The maximum absolute atomic E-state index is 12.5. The summed E-state index contributed by atoms with van der Waals surface area (Å²) in [5, 5.41) is 0. The zero-order valence-electron chi connectivity index (χ0n) is 13.5. The third-order valence-corrected chi connectivity index (χ3v) is 3.51. The lowest BCUT2D eigenvalue weighted by Gasteiger charge is -2.22. The summed E-state index contributed by atoms with van der Waals surface area (Å²) in [5.41, 5.74) is 1.90. The molecule has 0 fully saturated rings. The number of esters is 1. The number of Topliss-reactive ketones (excluding diaryl/α,β-unsaturated/α-hetero) is 1. The smallest absolute Gasteiger partial charge is 0.374 e. The molecule has 5 heteroatoms. The minimum atomic E-state index is -0.997. The molecule has 0 heterocycles. The summed E-state index contributed by atoms with van der Waals surface area (Å²) in [5.74, 6) is -2.24. The number of carbonyl (C=O) groups is 3. The fourth-order valence-electron chi connectivity index (χ4n) is 2.28. The Morgan fingerprint density at radius 3 is 1.71 bits per heavy atom. The van der Waals surface area contributed by atoms with E-state index in [2.05, 4.69) is 4.74 Å². The van der Waals surface area contributed by atoms with E-state index in [1.54, 1.807) is 4.90 Å². The third kappa shape index (κ3) is 5.05. The summed E-state index contributed by atoms with van der Waals surface area (Å²) in [6.07, 6.45) is -0.494. The first-order valence-corrected chi connectivity index (χ1v) is 7.57. The predicted octanol–water partition coefficient (Wildman–Crippen LogP) is 2.35. The van der Waals surface area contributed by atoms with Crippen LogP contribution in [0.4, 0.5) is 0 Å². The van der Waals surface area contributed by atoms with Gasteiger partial charge in [-0.3, -0.25) is 9.59 Å². The molecule has 2 aromatic carbocycles. The van der Waals surface area contributed by atoms with E-state index < -0.39 is 24.1 Å². The second-order valence-electron chi connectivity index (χ2n) is 5.31. The number of ether oxygens (including phenoxy) is 1. The molecule has 0 unspecified atom stereocenters. The Bertz CT molecular complexity index is 656. The zero-order valence-corrected chi connectivity index (χ0v) is 13.5. The van der Waals surface area contributed by atoms with Crippen molar-refractivity contribution in [3.05, 3.63) is 71.8 Å². The first-order chi connectivity index (χ1) is 11.6. The van der Waals surface area contributed by atoms with Crippen molar-refractivity contribution in [2.24, 2.45) is 0 Å². The highest BCUT2D eigenvalue weighted by Gasteiger charge is 2.23. The average Bonchev–Trinajstić information content (AvgIpc) is 2.62. The topological polar surface area (TPSA) is 63.7 Å². The maximum Gasteiger partial charge on any atom is 0.374 e. The highest BCUT2D eigenvalue weighted by molar-refractivity contribution is 6.36. The molecule has 1 amide bonds. The van der Waals surface area contributed by atoms with E-state index in [1.807, 2.05) is 60.7 Å². The van der Waals surface area contributed by atoms with Crippen molar-refractivity contribution >= 4 is 17.7 Å². The van der Waals surface area contributed by atoms with Crippen molar-refractivity contribution < 1.29 is 19.1 Å². The van der Waals surface area contributed by atoms with Gasteiger partial charge in [0, 0.05) is 13.1 Å². The fraction of sp³-hybridized carbons (Fsp3) is 0.211. The molecule has 0 aliphatic carbocycles. The van der Waals surface area contributed by atoms with Crippen LogP contribution in [0.2, 0.25) is 0 Å². The minimum Gasteiger partial charge on any atom is -0.463 e. The van der Waals surface area contributed by atoms with Crippen molar-refractivity contribution in [2.75, 3.05) is 7.11 Å². The van der Waals surface area contributed by atoms with Crippen LogP contribution in [0.1, 0.15) is 17.5 Å². The molecule has 0 aromatic heterocycles. The van der Waals surface area contributed by atoms with Gasteiger partial charge < -0.3 is 9.64 Å². The third-order valence-electron chi connectivity index (χ3n) is 3.51. The van der Waals surface area contributed by atoms with Gasteiger partial charge in [0.15, 0.2) is 0 Å². The molecule has 5 nitrogen and oxygen atoms in total. The van der Waals surface area contributed by atoms with Gasteiger partial charge in [-0.1, -0.05) is 60.7 Å². The summed E-state index contributed by atoms with van der Waals surface area (Å²) >= 11 is 0. The Balaban J connectivity index is 2.13. The second-order valence-corrected chi connectivity index (χ2v) is 5.31. The highest BCUT2D eigenvalue weighted by atomic mass is 16.5. The van der Waals surface area contributed by atoms with Crippen LogP contribution < -0.4 is 0 Å². The summed E-state index contributed by atoms with van der Waals surface area (Å²) < 4.78 is 4.37. The number of ketones is 1. The molecule has 0 aliphatic rings. The summed E-state index contributed by atoms with van der Waals surface area (Å²) in [6, 6.07) is 19.0. The molecule has 0 radical (unpaired) electrons. The quantitative estimate of drug-likeness (QED) is 0.445. The number of rotatable bonds is 7. The standard InChI is InChI=1S/C19H19NO4/c1-24-19(23)17(21)12-18(22)20(13-15-8-4-2-5-9-15)14-16-10-6-3-7-11-16/h2-11H,12-14H2,1H3. The Hall–Kier alpha value is -2.95. The van der Waals surface area contributed by atoms with E-state index in [4.69, 9.17) is 0 Å². The Kier molecular flexibility index (Phi) is 6.25. The lowest BCUT2D eigenvalue weighted by Crippen LogP contribution is -2.33. The summed E-state index contributed by atoms with van der Waals surface area (Å²) in [4.78, 5) is 37.0. The Morgan fingerprint density at radius 2 is 1.29 bits per heavy atom. The highest BCUT2D eigenvalue weighted by Crippen LogP contribution is 2.12. The molecule has 2 rings (SSSR count). The van der Waals surface area contributed by atoms with Crippen LogP contribution in [-0.2, 0) is 32.2 Å². The summed E-state index contributed by atoms with van der Waals surface area (Å²) in [7, 11) is 1.12. The number of methoxy groups -OCH3 is 1. The van der Waals surface area contributed by atoms with Crippen LogP contribution in [0.25, 0.3) is 0 Å². The van der Waals surface area contributed by atoms with Gasteiger partial charge in [-0.2, -0.15) is 0 Å². The Morgan fingerprint density at radius 1 is 0.833 bits per heavy atom. The van der Waals surface area contributed by atoms with Crippen molar-refractivity contribution in [3.63, 3.8) is 0 Å². The molecule has 0 spiro atoms. The molecule has 0 N–H and O–H groups in total. The lowest BCUT2D eigenvalue weighted by atomic mass is 10.1. The number of nitrogens with zero attached hydrogens (tertiary/aromatic N) is 1. The van der Waals surface area contributed by atoms with E-state index in [0.717, 1.165) is 18.2 Å². The van der Waals surface area contributed by atoms with E-state index in [1.165, 1.54) is 0 Å². The average molecular weight is 325 g/mol. The largest absolute Gasteiger partial charge is 0.463 e. The van der Waals surface area contributed by atoms with Gasteiger partial charge in [-0.15, -0.1) is 0 Å². The molecule has 0 saturated heterocycles. The number of hydrogen-bond acceptors (Lipinski definition) is 4. The van der Waals surface area contributed by atoms with Crippen molar-refractivity contribution in [2.45, 2.75) is 19.5 Å². The van der Waals surface area contributed by atoms with Crippen LogP contribution >= 0.6 is 0 Å². The van der Waals surface area contributed by atoms with Gasteiger partial charge in [0.2, 0.25) is 11.7 Å². The molecule has 0 saturated carbocycles. The fourth-order valence-corrected chi connectivity index (χ4v) is 2.28. The molecule has 0 aliphatic heterocycles. The van der Waals surface area contributed by atoms with E-state index in [0.29, 0.717) is 13.1 Å². The number of amides is 1. The second kappa shape index (κ2) is 8.62. The maximum atomic E-state index is 12.5. The minimum absolute atomic E-state index is 0.364. The molecule has 0 atom stereocenters. The van der Waals surface area contributed by atoms with Gasteiger partial charge in [0.25, 0.3) is 0 Å². The number of hydrogen-bond donors (Lipinski definition) is 0. The van der Waals surface area contributed by atoms with Gasteiger partial charge in [-0.25, -0.2) is 4.79 Å². The van der Waals surface area contributed by atoms with Crippen LogP contribution in [0.3, 0.4) is 0 Å². The van der Waals surface area contributed by atoms with Gasteiger partial charge in [0.1, 0.15) is 0 Å². The molecule has 24 heavy (non-hydrogen) atoms. The van der Waals surface area contributed by atoms with Crippen LogP contribution in [0.5, 0.6) is 0 Å². The van der Waals surface area contributed by atoms with E-state index >= 15 is 0 Å². The monoisotopic (exact) mass is 325 g/mol. The number of benzene rings is 2. The van der Waals surface area contributed by atoms with Crippen LogP contribution in [0.15, 0.2) is 60.7 Å². The molecular weight excluding hydrogens is 306 g/mol. The van der Waals surface area contributed by atoms with Gasteiger partial charge >= 0.3 is 5.97 Å². The lowest BCUT2D eigenvalue weighted by molar-refractivity contribution is -0.153. The normalized spacial score (nSPS) is 10.0. The molecular formula is C19H19NO4. The summed E-state index contributed by atoms with van der Waals surface area (Å²) in [6.45, 7) is 0.728. The van der Waals surface area contributed by atoms with Crippen LogP contribution in [0, 0.1) is 0 Å². The van der Waals surface area contributed by atoms with Crippen molar-refractivity contribution in [1.82, 2.24) is 4.90 Å². The van der Waals surface area contributed by atoms with E-state index in [9.17, 15) is 14.4 Å².